The Morgan fingerprint density at radius 1 is 1.21 bits per heavy atom. The van der Waals surface area contributed by atoms with Crippen LogP contribution in [0.3, 0.4) is 0 Å². The van der Waals surface area contributed by atoms with Crippen LogP contribution in [0.4, 0.5) is 5.69 Å². The predicted octanol–water partition coefficient (Wildman–Crippen LogP) is 2.61. The van der Waals surface area contributed by atoms with Crippen molar-refractivity contribution in [3.63, 3.8) is 0 Å². The van der Waals surface area contributed by atoms with Crippen LogP contribution in [0, 0.1) is 20.8 Å². The molecule has 0 unspecified atom stereocenters. The Morgan fingerprint density at radius 3 is 2.62 bits per heavy atom. The fraction of sp³-hybridized carbons (Fsp3) is 0.353. The molecule has 2 aromatic rings. The molecule has 0 aliphatic rings. The monoisotopic (exact) mass is 348 g/mol. The van der Waals surface area contributed by atoms with E-state index in [2.05, 4.69) is 15.7 Å². The number of hydrogen-bond donors (Lipinski definition) is 2. The van der Waals surface area contributed by atoms with Gasteiger partial charge >= 0.3 is 0 Å². The van der Waals surface area contributed by atoms with Gasteiger partial charge in [-0.05, 0) is 44.5 Å². The first-order valence-electron chi connectivity index (χ1n) is 7.69. The zero-order valence-electron chi connectivity index (χ0n) is 14.0. The molecule has 2 amide bonds. The number of nitrogens with one attached hydrogen (secondary N) is 2. The number of aryl methyl sites for hydroxylation is 3. The summed E-state index contributed by atoms with van der Waals surface area (Å²) >= 11 is 6.01. The highest BCUT2D eigenvalue weighted by Crippen LogP contribution is 2.22. The maximum atomic E-state index is 11.9. The summed E-state index contributed by atoms with van der Waals surface area (Å²) in [5, 5.41) is 10.2. The van der Waals surface area contributed by atoms with Crippen LogP contribution in [0.1, 0.15) is 23.4 Å². The van der Waals surface area contributed by atoms with Gasteiger partial charge in [0, 0.05) is 29.4 Å². The van der Waals surface area contributed by atoms with E-state index in [1.807, 2.05) is 26.8 Å². The Balaban J connectivity index is 1.78. The number of rotatable bonds is 6. The summed E-state index contributed by atoms with van der Waals surface area (Å²) in [6, 6.07) is 7.24. The summed E-state index contributed by atoms with van der Waals surface area (Å²) in [5.74, 6) is -0.486. The van der Waals surface area contributed by atoms with Crippen molar-refractivity contribution in [2.24, 2.45) is 0 Å². The van der Waals surface area contributed by atoms with Crippen LogP contribution in [0.2, 0.25) is 5.02 Å². The van der Waals surface area contributed by atoms with Crippen LogP contribution in [0.25, 0.3) is 0 Å². The number of carbonyl (C=O) groups is 2. The van der Waals surface area contributed by atoms with Crippen LogP contribution in [-0.2, 0) is 16.1 Å². The largest absolute Gasteiger partial charge is 0.347 e. The lowest BCUT2D eigenvalue weighted by Crippen LogP contribution is -2.33. The highest BCUT2D eigenvalue weighted by atomic mass is 35.5. The van der Waals surface area contributed by atoms with E-state index in [9.17, 15) is 9.59 Å². The first kappa shape index (κ1) is 18.0. The Kier molecular flexibility index (Phi) is 5.98. The van der Waals surface area contributed by atoms with E-state index in [4.69, 9.17) is 11.6 Å². The van der Waals surface area contributed by atoms with Crippen molar-refractivity contribution in [3.05, 3.63) is 46.2 Å². The van der Waals surface area contributed by atoms with Crippen molar-refractivity contribution in [3.8, 4) is 0 Å². The maximum Gasteiger partial charge on any atom is 0.243 e. The van der Waals surface area contributed by atoms with Crippen LogP contribution in [0.15, 0.2) is 24.3 Å². The van der Waals surface area contributed by atoms with Gasteiger partial charge in [-0.3, -0.25) is 14.3 Å². The highest BCUT2D eigenvalue weighted by molar-refractivity contribution is 6.31. The van der Waals surface area contributed by atoms with Crippen LogP contribution in [-0.4, -0.2) is 28.1 Å². The van der Waals surface area contributed by atoms with Gasteiger partial charge in [-0.25, -0.2) is 0 Å². The molecule has 1 heterocycles. The van der Waals surface area contributed by atoms with Gasteiger partial charge in [-0.1, -0.05) is 17.7 Å². The third-order valence-corrected chi connectivity index (χ3v) is 4.05. The number of aromatic nitrogens is 2. The number of carbonyl (C=O) groups excluding carboxylic acids is 2. The molecular formula is C17H21ClN4O2. The van der Waals surface area contributed by atoms with Crippen LogP contribution in [0.5, 0.6) is 0 Å². The zero-order valence-corrected chi connectivity index (χ0v) is 14.8. The number of amides is 2. The molecule has 0 saturated carbocycles. The molecule has 128 valence electrons. The highest BCUT2D eigenvalue weighted by Gasteiger charge is 2.09. The van der Waals surface area contributed by atoms with Crippen molar-refractivity contribution in [1.82, 2.24) is 15.1 Å². The molecule has 0 aliphatic heterocycles. The number of hydrogen-bond acceptors (Lipinski definition) is 3. The van der Waals surface area contributed by atoms with E-state index >= 15 is 0 Å². The quantitative estimate of drug-likeness (QED) is 0.842. The molecule has 1 aromatic carbocycles. The van der Waals surface area contributed by atoms with Crippen molar-refractivity contribution in [2.45, 2.75) is 33.7 Å². The van der Waals surface area contributed by atoms with Crippen LogP contribution < -0.4 is 10.6 Å². The minimum absolute atomic E-state index is 0.0814. The SMILES string of the molecule is Cc1cc(C)n(CCC(=O)NCC(=O)Nc2cccc(Cl)c2C)n1. The summed E-state index contributed by atoms with van der Waals surface area (Å²) in [5.41, 5.74) is 3.37. The molecule has 2 rings (SSSR count). The molecule has 0 spiro atoms. The van der Waals surface area contributed by atoms with Crippen LogP contribution >= 0.6 is 11.6 Å². The number of anilines is 1. The zero-order chi connectivity index (χ0) is 17.7. The van der Waals surface area contributed by atoms with E-state index in [0.717, 1.165) is 17.0 Å². The van der Waals surface area contributed by atoms with Gasteiger partial charge in [0.1, 0.15) is 0 Å². The van der Waals surface area contributed by atoms with Gasteiger partial charge in [0.15, 0.2) is 0 Å². The predicted molar refractivity (Wildman–Crippen MR) is 94.1 cm³/mol. The van der Waals surface area contributed by atoms with Gasteiger partial charge in [-0.15, -0.1) is 0 Å². The lowest BCUT2D eigenvalue weighted by Gasteiger charge is -2.10. The number of benzene rings is 1. The van der Waals surface area contributed by atoms with E-state index in [1.54, 1.807) is 22.9 Å². The normalized spacial score (nSPS) is 10.5. The van der Waals surface area contributed by atoms with E-state index < -0.39 is 0 Å². The standard InChI is InChI=1S/C17H21ClN4O2/c1-11-9-12(2)22(21-11)8-7-16(23)19-10-17(24)20-15-6-4-5-14(18)13(15)3/h4-6,9H,7-8,10H2,1-3H3,(H,19,23)(H,20,24). The van der Waals surface area contributed by atoms with Crippen molar-refractivity contribution >= 4 is 29.1 Å². The molecule has 0 saturated heterocycles. The summed E-state index contributed by atoms with van der Waals surface area (Å²) in [4.78, 5) is 23.8. The molecule has 0 fully saturated rings. The lowest BCUT2D eigenvalue weighted by atomic mass is 10.2. The Labute approximate surface area is 146 Å². The summed E-state index contributed by atoms with van der Waals surface area (Å²) in [6.45, 7) is 6.08. The topological polar surface area (TPSA) is 76.0 Å². The van der Waals surface area contributed by atoms with Gasteiger partial charge < -0.3 is 10.6 Å². The van der Waals surface area contributed by atoms with Gasteiger partial charge in [-0.2, -0.15) is 5.10 Å². The maximum absolute atomic E-state index is 11.9. The second kappa shape index (κ2) is 7.97. The molecular weight excluding hydrogens is 328 g/mol. The van der Waals surface area contributed by atoms with E-state index in [-0.39, 0.29) is 24.8 Å². The summed E-state index contributed by atoms with van der Waals surface area (Å²) in [7, 11) is 0. The second-order valence-electron chi connectivity index (χ2n) is 5.64. The lowest BCUT2D eigenvalue weighted by molar-refractivity contribution is -0.124. The summed E-state index contributed by atoms with van der Waals surface area (Å²) in [6.07, 6.45) is 0.269. The molecule has 0 aliphatic carbocycles. The second-order valence-corrected chi connectivity index (χ2v) is 6.04. The molecule has 7 heteroatoms. The number of halogens is 1. The average Bonchev–Trinajstić information content (AvgIpc) is 2.85. The van der Waals surface area contributed by atoms with E-state index in [0.29, 0.717) is 17.3 Å². The average molecular weight is 349 g/mol. The van der Waals surface area contributed by atoms with Gasteiger partial charge in [0.2, 0.25) is 11.8 Å². The number of nitrogens with zero attached hydrogens (tertiary/aromatic N) is 2. The minimum Gasteiger partial charge on any atom is -0.347 e. The molecule has 0 bridgehead atoms. The van der Waals surface area contributed by atoms with E-state index in [1.165, 1.54) is 0 Å². The molecule has 1 aromatic heterocycles. The first-order valence-corrected chi connectivity index (χ1v) is 8.07. The molecule has 6 nitrogen and oxygen atoms in total. The molecule has 24 heavy (non-hydrogen) atoms. The fourth-order valence-corrected chi connectivity index (χ4v) is 2.49. The van der Waals surface area contributed by atoms with Gasteiger partial charge in [0.05, 0.1) is 12.2 Å². The van der Waals surface area contributed by atoms with Crippen molar-refractivity contribution in [2.75, 3.05) is 11.9 Å². The van der Waals surface area contributed by atoms with Gasteiger partial charge in [0.25, 0.3) is 0 Å². The smallest absolute Gasteiger partial charge is 0.243 e. The fourth-order valence-electron chi connectivity index (χ4n) is 2.31. The minimum atomic E-state index is -0.292. The van der Waals surface area contributed by atoms with Crippen molar-refractivity contribution < 1.29 is 9.59 Å². The molecule has 2 N–H and O–H groups in total. The molecule has 0 atom stereocenters. The molecule has 0 radical (unpaired) electrons. The third kappa shape index (κ3) is 4.83. The Bertz CT molecular complexity index is 755. The summed E-state index contributed by atoms with van der Waals surface area (Å²) < 4.78 is 1.78. The van der Waals surface area contributed by atoms with Crippen molar-refractivity contribution in [1.29, 1.82) is 0 Å². The third-order valence-electron chi connectivity index (χ3n) is 3.64. The Hall–Kier alpha value is -2.34. The Morgan fingerprint density at radius 2 is 1.96 bits per heavy atom. The first-order chi connectivity index (χ1) is 11.4.